The maximum Gasteiger partial charge on any atom is 0.143 e. The van der Waals surface area contributed by atoms with Crippen molar-refractivity contribution in [2.24, 2.45) is 0 Å². The lowest BCUT2D eigenvalue weighted by Gasteiger charge is -2.23. The third-order valence-corrected chi connectivity index (χ3v) is 2.71. The Bertz CT molecular complexity index is 309. The average molecular weight is 272 g/mol. The van der Waals surface area contributed by atoms with Crippen molar-refractivity contribution in [2.75, 3.05) is 23.7 Å². The molecule has 1 aromatic heterocycles. The van der Waals surface area contributed by atoms with E-state index in [0.717, 1.165) is 36.2 Å². The number of nitrogen functional groups attached to an aromatic ring is 1. The maximum atomic E-state index is 5.66. The molecule has 0 spiro atoms. The topological polar surface area (TPSA) is 42.2 Å². The van der Waals surface area contributed by atoms with Crippen LogP contribution in [0.5, 0.6) is 0 Å². The van der Waals surface area contributed by atoms with Gasteiger partial charge in [0.15, 0.2) is 0 Å². The lowest BCUT2D eigenvalue weighted by molar-refractivity contribution is 0.733. The van der Waals surface area contributed by atoms with Gasteiger partial charge in [0.05, 0.1) is 16.4 Å². The Hall–Kier alpha value is -0.770. The van der Waals surface area contributed by atoms with E-state index in [1.807, 2.05) is 6.07 Å². The molecule has 0 radical (unpaired) electrons. The molecule has 0 saturated heterocycles. The maximum absolute atomic E-state index is 5.66. The number of halogens is 1. The summed E-state index contributed by atoms with van der Waals surface area (Å²) in [6, 6.07) is 1.90. The van der Waals surface area contributed by atoms with Crippen LogP contribution in [0.2, 0.25) is 0 Å². The summed E-state index contributed by atoms with van der Waals surface area (Å²) in [6.45, 7) is 6.41. The molecule has 0 aliphatic heterocycles. The van der Waals surface area contributed by atoms with Crippen LogP contribution in [-0.2, 0) is 0 Å². The Morgan fingerprint density at radius 3 is 2.40 bits per heavy atom. The second-order valence-corrected chi connectivity index (χ2v) is 4.42. The molecular weight excluding hydrogens is 254 g/mol. The Morgan fingerprint density at radius 1 is 1.33 bits per heavy atom. The highest BCUT2D eigenvalue weighted by Crippen LogP contribution is 2.25. The number of anilines is 2. The summed E-state index contributed by atoms with van der Waals surface area (Å²) in [5.41, 5.74) is 6.36. The molecule has 1 rings (SSSR count). The minimum absolute atomic E-state index is 0.693. The third kappa shape index (κ3) is 3.38. The molecule has 0 aliphatic rings. The average Bonchev–Trinajstić information content (AvgIpc) is 2.17. The van der Waals surface area contributed by atoms with Crippen LogP contribution in [0, 0.1) is 0 Å². The van der Waals surface area contributed by atoms with Crippen molar-refractivity contribution in [3.8, 4) is 0 Å². The van der Waals surface area contributed by atoms with Crippen molar-refractivity contribution in [1.82, 2.24) is 4.98 Å². The zero-order chi connectivity index (χ0) is 11.3. The van der Waals surface area contributed by atoms with Gasteiger partial charge in [0, 0.05) is 13.1 Å². The number of rotatable bonds is 5. The van der Waals surface area contributed by atoms with Crippen molar-refractivity contribution in [2.45, 2.75) is 26.7 Å². The summed E-state index contributed by atoms with van der Waals surface area (Å²) in [6.07, 6.45) is 3.95. The van der Waals surface area contributed by atoms with Crippen molar-refractivity contribution in [3.63, 3.8) is 0 Å². The summed E-state index contributed by atoms with van der Waals surface area (Å²) in [5, 5.41) is 0. The van der Waals surface area contributed by atoms with Crippen molar-refractivity contribution in [3.05, 3.63) is 16.7 Å². The molecule has 0 aromatic carbocycles. The molecule has 0 amide bonds. The van der Waals surface area contributed by atoms with E-state index in [1.54, 1.807) is 6.20 Å². The molecule has 0 atom stereocenters. The van der Waals surface area contributed by atoms with Gasteiger partial charge in [-0.15, -0.1) is 0 Å². The van der Waals surface area contributed by atoms with E-state index in [9.17, 15) is 0 Å². The number of hydrogen-bond acceptors (Lipinski definition) is 3. The second-order valence-electron chi connectivity index (χ2n) is 3.56. The van der Waals surface area contributed by atoms with Gasteiger partial charge in [0.25, 0.3) is 0 Å². The highest BCUT2D eigenvalue weighted by molar-refractivity contribution is 9.10. The highest BCUT2D eigenvalue weighted by atomic mass is 79.9. The quantitative estimate of drug-likeness (QED) is 0.895. The predicted molar refractivity (Wildman–Crippen MR) is 69.1 cm³/mol. The molecule has 4 heteroatoms. The van der Waals surface area contributed by atoms with E-state index >= 15 is 0 Å². The van der Waals surface area contributed by atoms with Crippen molar-refractivity contribution in [1.29, 1.82) is 0 Å². The Labute approximate surface area is 99.8 Å². The second kappa shape index (κ2) is 5.95. The first-order chi connectivity index (χ1) is 7.19. The van der Waals surface area contributed by atoms with Crippen LogP contribution in [0.3, 0.4) is 0 Å². The van der Waals surface area contributed by atoms with Gasteiger partial charge >= 0.3 is 0 Å². The fourth-order valence-electron chi connectivity index (χ4n) is 1.54. The SMILES string of the molecule is CCCN(CCC)c1ncc(N)cc1Br. The van der Waals surface area contributed by atoms with Crippen LogP contribution in [0.15, 0.2) is 16.7 Å². The van der Waals surface area contributed by atoms with Gasteiger partial charge in [-0.1, -0.05) is 13.8 Å². The van der Waals surface area contributed by atoms with E-state index in [0.29, 0.717) is 5.69 Å². The van der Waals surface area contributed by atoms with Crippen molar-refractivity contribution < 1.29 is 0 Å². The van der Waals surface area contributed by atoms with Gasteiger partial charge in [-0.3, -0.25) is 0 Å². The number of nitrogens with two attached hydrogens (primary N) is 1. The number of aromatic nitrogens is 1. The van der Waals surface area contributed by atoms with Gasteiger partial charge in [-0.2, -0.15) is 0 Å². The Morgan fingerprint density at radius 2 is 1.93 bits per heavy atom. The van der Waals surface area contributed by atoms with Gasteiger partial charge in [-0.05, 0) is 34.8 Å². The number of nitrogens with zero attached hydrogens (tertiary/aromatic N) is 2. The van der Waals surface area contributed by atoms with E-state index in [1.165, 1.54) is 0 Å². The van der Waals surface area contributed by atoms with Crippen LogP contribution in [0.25, 0.3) is 0 Å². The highest BCUT2D eigenvalue weighted by Gasteiger charge is 2.09. The molecule has 2 N–H and O–H groups in total. The number of pyridine rings is 1. The van der Waals surface area contributed by atoms with E-state index in [4.69, 9.17) is 5.73 Å². The zero-order valence-corrected chi connectivity index (χ0v) is 10.9. The monoisotopic (exact) mass is 271 g/mol. The minimum Gasteiger partial charge on any atom is -0.397 e. The number of hydrogen-bond donors (Lipinski definition) is 1. The minimum atomic E-state index is 0.693. The molecule has 1 aromatic rings. The fourth-order valence-corrected chi connectivity index (χ4v) is 2.16. The smallest absolute Gasteiger partial charge is 0.143 e. The predicted octanol–water partition coefficient (Wildman–Crippen LogP) is 3.05. The summed E-state index contributed by atoms with van der Waals surface area (Å²) < 4.78 is 0.976. The van der Waals surface area contributed by atoms with E-state index < -0.39 is 0 Å². The van der Waals surface area contributed by atoms with E-state index in [2.05, 4.69) is 39.7 Å². The van der Waals surface area contributed by atoms with Crippen molar-refractivity contribution >= 4 is 27.4 Å². The third-order valence-electron chi connectivity index (χ3n) is 2.13. The van der Waals surface area contributed by atoms with Gasteiger partial charge in [-0.25, -0.2) is 4.98 Å². The molecule has 0 unspecified atom stereocenters. The molecule has 0 saturated carbocycles. The van der Waals surface area contributed by atoms with Crippen LogP contribution >= 0.6 is 15.9 Å². The molecule has 15 heavy (non-hydrogen) atoms. The largest absolute Gasteiger partial charge is 0.397 e. The lowest BCUT2D eigenvalue weighted by Crippen LogP contribution is -2.26. The first-order valence-corrected chi connectivity index (χ1v) is 6.14. The first-order valence-electron chi connectivity index (χ1n) is 5.35. The fraction of sp³-hybridized carbons (Fsp3) is 0.545. The Balaban J connectivity index is 2.89. The lowest BCUT2D eigenvalue weighted by atomic mass is 10.3. The standard InChI is InChI=1S/C11H18BrN3/c1-3-5-15(6-4-2)11-10(12)7-9(13)8-14-11/h7-8H,3-6,13H2,1-2H3. The molecule has 3 nitrogen and oxygen atoms in total. The van der Waals surface area contributed by atoms with Gasteiger partial charge in [0.1, 0.15) is 5.82 Å². The Kier molecular flexibility index (Phi) is 4.88. The van der Waals surface area contributed by atoms with Crippen LogP contribution in [0.4, 0.5) is 11.5 Å². The molecule has 84 valence electrons. The summed E-state index contributed by atoms with van der Waals surface area (Å²) in [4.78, 5) is 6.65. The van der Waals surface area contributed by atoms with E-state index in [-0.39, 0.29) is 0 Å². The molecule has 0 bridgehead atoms. The summed E-state index contributed by atoms with van der Waals surface area (Å²) in [5.74, 6) is 0.993. The molecule has 1 heterocycles. The normalized spacial score (nSPS) is 10.3. The van der Waals surface area contributed by atoms with Gasteiger partial charge < -0.3 is 10.6 Å². The first kappa shape index (κ1) is 12.3. The van der Waals surface area contributed by atoms with Crippen LogP contribution in [-0.4, -0.2) is 18.1 Å². The van der Waals surface area contributed by atoms with Crippen LogP contribution < -0.4 is 10.6 Å². The van der Waals surface area contributed by atoms with Crippen LogP contribution in [0.1, 0.15) is 26.7 Å². The van der Waals surface area contributed by atoms with Gasteiger partial charge in [0.2, 0.25) is 0 Å². The summed E-state index contributed by atoms with van der Waals surface area (Å²) in [7, 11) is 0. The molecule has 0 aliphatic carbocycles. The molecule has 0 fully saturated rings. The summed E-state index contributed by atoms with van der Waals surface area (Å²) >= 11 is 3.50. The zero-order valence-electron chi connectivity index (χ0n) is 9.33. The molecular formula is C11H18BrN3.